The molecule has 2 atom stereocenters. The van der Waals surface area contributed by atoms with Crippen LogP contribution in [0.25, 0.3) is 0 Å². The highest BCUT2D eigenvalue weighted by atomic mass is 32.2. The molecule has 0 amide bonds. The first-order chi connectivity index (χ1) is 8.74. The molecule has 92 valence electrons. The van der Waals surface area contributed by atoms with Gasteiger partial charge in [0, 0.05) is 16.2 Å². The molecule has 1 aliphatic rings. The van der Waals surface area contributed by atoms with Crippen LogP contribution in [-0.2, 0) is 6.42 Å². The van der Waals surface area contributed by atoms with Gasteiger partial charge in [0.05, 0.1) is 0 Å². The highest BCUT2D eigenvalue weighted by molar-refractivity contribution is 8.00. The van der Waals surface area contributed by atoms with Crippen molar-refractivity contribution in [2.75, 3.05) is 0 Å². The second-order valence-electron chi connectivity index (χ2n) is 4.55. The Bertz CT molecular complexity index is 528. The molecule has 18 heavy (non-hydrogen) atoms. The largest absolute Gasteiger partial charge is 0.323 e. The van der Waals surface area contributed by atoms with Crippen LogP contribution < -0.4 is 5.73 Å². The summed E-state index contributed by atoms with van der Waals surface area (Å²) in [4.78, 5) is 1.32. The fourth-order valence-electron chi connectivity index (χ4n) is 2.31. The molecule has 2 N–H and O–H groups in total. The average Bonchev–Trinajstić information content (AvgIpc) is 2.82. The predicted molar refractivity (Wildman–Crippen MR) is 73.1 cm³/mol. The van der Waals surface area contributed by atoms with Gasteiger partial charge in [0.2, 0.25) is 0 Å². The van der Waals surface area contributed by atoms with Gasteiger partial charge in [0.15, 0.2) is 0 Å². The van der Waals surface area contributed by atoms with E-state index in [1.54, 1.807) is 12.1 Å². The molecule has 1 aliphatic heterocycles. The monoisotopic (exact) mass is 259 g/mol. The lowest BCUT2D eigenvalue weighted by atomic mass is 9.99. The van der Waals surface area contributed by atoms with Crippen LogP contribution in [0.4, 0.5) is 4.39 Å². The maximum absolute atomic E-state index is 12.9. The minimum atomic E-state index is -0.215. The summed E-state index contributed by atoms with van der Waals surface area (Å²) in [6.45, 7) is 0. The van der Waals surface area contributed by atoms with Crippen LogP contribution in [0.2, 0.25) is 0 Å². The number of hydrogen-bond acceptors (Lipinski definition) is 2. The molecule has 0 aromatic heterocycles. The van der Waals surface area contributed by atoms with Crippen LogP contribution in [0.15, 0.2) is 53.4 Å². The Morgan fingerprint density at radius 1 is 1.11 bits per heavy atom. The topological polar surface area (TPSA) is 26.0 Å². The Hall–Kier alpha value is -1.32. The lowest BCUT2D eigenvalue weighted by Crippen LogP contribution is -2.23. The molecule has 3 rings (SSSR count). The first-order valence-corrected chi connectivity index (χ1v) is 6.87. The molecular formula is C15H14FNS. The SMILES string of the molecule is NC(c1ccc(F)cc1)C1Cc2ccccc2S1. The second kappa shape index (κ2) is 4.75. The van der Waals surface area contributed by atoms with Gasteiger partial charge in [-0.25, -0.2) is 4.39 Å². The third kappa shape index (κ3) is 2.16. The molecule has 0 saturated carbocycles. The molecule has 0 aliphatic carbocycles. The summed E-state index contributed by atoms with van der Waals surface area (Å²) >= 11 is 1.82. The van der Waals surface area contributed by atoms with Crippen LogP contribution in [0.5, 0.6) is 0 Å². The summed E-state index contributed by atoms with van der Waals surface area (Å²) in [5.41, 5.74) is 8.65. The first kappa shape index (κ1) is 11.8. The molecule has 0 bridgehead atoms. The van der Waals surface area contributed by atoms with Gasteiger partial charge >= 0.3 is 0 Å². The van der Waals surface area contributed by atoms with Crippen molar-refractivity contribution in [2.45, 2.75) is 22.6 Å². The molecule has 0 saturated heterocycles. The van der Waals surface area contributed by atoms with Crippen molar-refractivity contribution in [1.29, 1.82) is 0 Å². The zero-order valence-electron chi connectivity index (χ0n) is 9.84. The van der Waals surface area contributed by atoms with E-state index in [0.717, 1.165) is 12.0 Å². The molecular weight excluding hydrogens is 245 g/mol. The van der Waals surface area contributed by atoms with E-state index in [2.05, 4.69) is 24.3 Å². The summed E-state index contributed by atoms with van der Waals surface area (Å²) in [6, 6.07) is 14.9. The lowest BCUT2D eigenvalue weighted by Gasteiger charge is -2.18. The van der Waals surface area contributed by atoms with E-state index in [1.807, 2.05) is 11.8 Å². The van der Waals surface area contributed by atoms with E-state index in [1.165, 1.54) is 22.6 Å². The van der Waals surface area contributed by atoms with Crippen molar-refractivity contribution >= 4 is 11.8 Å². The smallest absolute Gasteiger partial charge is 0.123 e. The van der Waals surface area contributed by atoms with E-state index in [4.69, 9.17) is 5.73 Å². The summed E-state index contributed by atoms with van der Waals surface area (Å²) in [5.74, 6) is -0.215. The van der Waals surface area contributed by atoms with E-state index in [0.29, 0.717) is 5.25 Å². The Labute approximate surface area is 110 Å². The summed E-state index contributed by atoms with van der Waals surface area (Å²) < 4.78 is 12.9. The fraction of sp³-hybridized carbons (Fsp3) is 0.200. The van der Waals surface area contributed by atoms with Crippen molar-refractivity contribution in [2.24, 2.45) is 5.73 Å². The van der Waals surface area contributed by atoms with Gasteiger partial charge in [0.25, 0.3) is 0 Å². The molecule has 0 spiro atoms. The van der Waals surface area contributed by atoms with Gasteiger partial charge in [-0.05, 0) is 35.7 Å². The average molecular weight is 259 g/mol. The maximum atomic E-state index is 12.9. The highest BCUT2D eigenvalue weighted by Gasteiger charge is 2.27. The van der Waals surface area contributed by atoms with Crippen molar-refractivity contribution in [1.82, 2.24) is 0 Å². The standard InChI is InChI=1S/C15H14FNS/c16-12-7-5-10(6-8-12)15(17)14-9-11-3-1-2-4-13(11)18-14/h1-8,14-15H,9,17H2. The van der Waals surface area contributed by atoms with Crippen LogP contribution >= 0.6 is 11.8 Å². The number of thioether (sulfide) groups is 1. The van der Waals surface area contributed by atoms with Crippen LogP contribution in [0, 0.1) is 5.82 Å². The Morgan fingerprint density at radius 2 is 1.83 bits per heavy atom. The Kier molecular flexibility index (Phi) is 3.10. The number of nitrogens with two attached hydrogens (primary N) is 1. The minimum Gasteiger partial charge on any atom is -0.323 e. The van der Waals surface area contributed by atoms with Crippen LogP contribution in [0.1, 0.15) is 17.2 Å². The molecule has 0 fully saturated rings. The number of hydrogen-bond donors (Lipinski definition) is 1. The fourth-order valence-corrected chi connectivity index (χ4v) is 3.66. The van der Waals surface area contributed by atoms with E-state index < -0.39 is 0 Å². The number of halogens is 1. The van der Waals surface area contributed by atoms with E-state index in [-0.39, 0.29) is 11.9 Å². The minimum absolute atomic E-state index is 0.0528. The first-order valence-electron chi connectivity index (χ1n) is 5.99. The zero-order chi connectivity index (χ0) is 12.5. The predicted octanol–water partition coefficient (Wildman–Crippen LogP) is 3.54. The third-order valence-corrected chi connectivity index (χ3v) is 4.74. The maximum Gasteiger partial charge on any atom is 0.123 e. The zero-order valence-corrected chi connectivity index (χ0v) is 10.7. The Morgan fingerprint density at radius 3 is 2.56 bits per heavy atom. The molecule has 2 aromatic rings. The van der Waals surface area contributed by atoms with E-state index in [9.17, 15) is 4.39 Å². The normalized spacial score (nSPS) is 19.6. The Balaban J connectivity index is 1.80. The molecule has 3 heteroatoms. The van der Waals surface area contributed by atoms with Gasteiger partial charge in [-0.3, -0.25) is 0 Å². The van der Waals surface area contributed by atoms with Crippen molar-refractivity contribution in [3.63, 3.8) is 0 Å². The molecule has 0 radical (unpaired) electrons. The quantitative estimate of drug-likeness (QED) is 0.892. The molecule has 1 heterocycles. The van der Waals surface area contributed by atoms with Gasteiger partial charge in [-0.1, -0.05) is 30.3 Å². The summed E-state index contributed by atoms with van der Waals surface area (Å²) in [6.07, 6.45) is 0.985. The molecule has 2 aromatic carbocycles. The van der Waals surface area contributed by atoms with Crippen molar-refractivity contribution in [3.8, 4) is 0 Å². The van der Waals surface area contributed by atoms with Crippen LogP contribution in [-0.4, -0.2) is 5.25 Å². The number of benzene rings is 2. The molecule has 2 unspecified atom stereocenters. The number of rotatable bonds is 2. The highest BCUT2D eigenvalue weighted by Crippen LogP contribution is 2.41. The van der Waals surface area contributed by atoms with E-state index >= 15 is 0 Å². The van der Waals surface area contributed by atoms with Crippen molar-refractivity contribution < 1.29 is 4.39 Å². The third-order valence-electron chi connectivity index (χ3n) is 3.33. The summed E-state index contributed by atoms with van der Waals surface area (Å²) in [5, 5.41) is 0.341. The molecule has 1 nitrogen and oxygen atoms in total. The van der Waals surface area contributed by atoms with Crippen molar-refractivity contribution in [3.05, 3.63) is 65.5 Å². The van der Waals surface area contributed by atoms with Gasteiger partial charge in [-0.15, -0.1) is 11.8 Å². The lowest BCUT2D eigenvalue weighted by molar-refractivity contribution is 0.622. The summed E-state index contributed by atoms with van der Waals surface area (Å²) in [7, 11) is 0. The van der Waals surface area contributed by atoms with Gasteiger partial charge in [-0.2, -0.15) is 0 Å². The second-order valence-corrected chi connectivity index (χ2v) is 5.83. The van der Waals surface area contributed by atoms with Gasteiger partial charge < -0.3 is 5.73 Å². The van der Waals surface area contributed by atoms with Crippen LogP contribution in [0.3, 0.4) is 0 Å². The number of fused-ring (bicyclic) bond motifs is 1. The van der Waals surface area contributed by atoms with Gasteiger partial charge in [0.1, 0.15) is 5.82 Å².